The molecule has 1 amide bonds. The van der Waals surface area contributed by atoms with Gasteiger partial charge in [0.2, 0.25) is 0 Å². The summed E-state index contributed by atoms with van der Waals surface area (Å²) in [4.78, 5) is 34.1. The summed E-state index contributed by atoms with van der Waals surface area (Å²) in [6.07, 6.45) is 1.33. The van der Waals surface area contributed by atoms with Crippen LogP contribution in [-0.2, 0) is 14.3 Å². The molecule has 0 unspecified atom stereocenters. The molecule has 0 saturated heterocycles. The second kappa shape index (κ2) is 6.50. The summed E-state index contributed by atoms with van der Waals surface area (Å²) in [6.45, 7) is 8.76. The molecule has 0 spiro atoms. The van der Waals surface area contributed by atoms with E-state index >= 15 is 0 Å². The summed E-state index contributed by atoms with van der Waals surface area (Å²) in [5, 5.41) is 8.63. The van der Waals surface area contributed by atoms with Crippen LogP contribution in [0.15, 0.2) is 6.20 Å². The maximum absolute atomic E-state index is 12.3. The number of rotatable bonds is 4. The van der Waals surface area contributed by atoms with Crippen LogP contribution in [0.4, 0.5) is 0 Å². The van der Waals surface area contributed by atoms with E-state index in [0.29, 0.717) is 12.3 Å². The highest BCUT2D eigenvalue weighted by molar-refractivity contribution is 6.34. The van der Waals surface area contributed by atoms with E-state index in [2.05, 4.69) is 5.43 Å². The zero-order chi connectivity index (χ0) is 17.1. The maximum Gasteiger partial charge on any atom is 0.396 e. The molecule has 0 radical (unpaired) electrons. The molecule has 0 aliphatic rings. The predicted octanol–water partition coefficient (Wildman–Crippen LogP) is 1.31. The largest absolute Gasteiger partial charge is 0.491 e. The highest BCUT2D eigenvalue weighted by Gasteiger charge is 2.27. The molecule has 1 aromatic rings. The van der Waals surface area contributed by atoms with Crippen LogP contribution in [-0.4, -0.2) is 39.8 Å². The molecule has 2 N–H and O–H groups in total. The first kappa shape index (κ1) is 17.5. The van der Waals surface area contributed by atoms with Crippen LogP contribution in [0, 0.1) is 6.92 Å². The highest BCUT2D eigenvalue weighted by Crippen LogP contribution is 2.26. The van der Waals surface area contributed by atoms with Crippen LogP contribution in [0.2, 0.25) is 0 Å². The third kappa shape index (κ3) is 4.24. The average molecular weight is 312 g/mol. The Kier molecular flexibility index (Phi) is 5.19. The molecule has 0 aliphatic heterocycles. The molecule has 1 rings (SSSR count). The van der Waals surface area contributed by atoms with Crippen molar-refractivity contribution in [2.24, 2.45) is 0 Å². The number of carbonyl (C=O) groups is 3. The molecule has 0 aliphatic carbocycles. The van der Waals surface area contributed by atoms with Crippen molar-refractivity contribution in [2.45, 2.75) is 40.2 Å². The van der Waals surface area contributed by atoms with Crippen LogP contribution in [0.5, 0.6) is 5.75 Å². The minimum absolute atomic E-state index is 0.141. The normalized spacial score (nSPS) is 11.0. The molecule has 8 nitrogen and oxygen atoms in total. The molecule has 0 atom stereocenters. The number of hydrogen-bond acceptors (Lipinski definition) is 5. The number of aliphatic carboxylic acids is 1. The fourth-order valence-electron chi connectivity index (χ4n) is 1.69. The molecule has 0 bridgehead atoms. The maximum atomic E-state index is 12.3. The number of esters is 1. The van der Waals surface area contributed by atoms with E-state index in [1.807, 2.05) is 0 Å². The van der Waals surface area contributed by atoms with Crippen molar-refractivity contribution in [3.05, 3.63) is 17.5 Å². The van der Waals surface area contributed by atoms with Gasteiger partial charge in [0.05, 0.1) is 18.5 Å². The third-order valence-electron chi connectivity index (χ3n) is 2.53. The first-order valence-electron chi connectivity index (χ1n) is 6.69. The summed E-state index contributed by atoms with van der Waals surface area (Å²) < 4.78 is 11.8. The van der Waals surface area contributed by atoms with E-state index in [-0.39, 0.29) is 11.3 Å². The number of carboxylic acids is 1. The first-order chi connectivity index (χ1) is 10.1. The Hall–Kier alpha value is -2.51. The van der Waals surface area contributed by atoms with Gasteiger partial charge in [0.25, 0.3) is 0 Å². The number of carbonyl (C=O) groups excluding carboxylic acids is 2. The zero-order valence-electron chi connectivity index (χ0n) is 13.2. The lowest BCUT2D eigenvalue weighted by atomic mass is 10.2. The van der Waals surface area contributed by atoms with Gasteiger partial charge in [-0.05, 0) is 34.6 Å². The quantitative estimate of drug-likeness (QED) is 0.641. The van der Waals surface area contributed by atoms with Gasteiger partial charge < -0.3 is 14.6 Å². The summed E-state index contributed by atoms with van der Waals surface area (Å²) in [6, 6.07) is 0. The Balaban J connectivity index is 3.19. The number of nitrogens with zero attached hydrogens (tertiary/aromatic N) is 1. The van der Waals surface area contributed by atoms with E-state index < -0.39 is 23.4 Å². The average Bonchev–Trinajstić information content (AvgIpc) is 2.64. The number of carboxylic acid groups (broad SMARTS) is 1. The summed E-state index contributed by atoms with van der Waals surface area (Å²) in [5.41, 5.74) is 1.90. The van der Waals surface area contributed by atoms with Crippen molar-refractivity contribution in [1.82, 2.24) is 4.68 Å². The fraction of sp³-hybridized carbons (Fsp3) is 0.500. The second-order valence-electron chi connectivity index (χ2n) is 5.50. The van der Waals surface area contributed by atoms with Crippen molar-refractivity contribution < 1.29 is 29.0 Å². The Bertz CT molecular complexity index is 597. The van der Waals surface area contributed by atoms with Crippen LogP contribution in [0.1, 0.15) is 43.7 Å². The standard InChI is InChI=1S/C14H20N2O6/c1-6-21-9-7-16(15-11(17)12(18)19)8(2)10(9)13(20)22-14(3,4)5/h7H,6H2,1-5H3,(H,15,17)(H,18,19). The van der Waals surface area contributed by atoms with Gasteiger partial charge in [-0.15, -0.1) is 0 Å². The molecule has 22 heavy (non-hydrogen) atoms. The van der Waals surface area contributed by atoms with E-state index in [0.717, 1.165) is 4.68 Å². The van der Waals surface area contributed by atoms with Crippen molar-refractivity contribution >= 4 is 17.8 Å². The van der Waals surface area contributed by atoms with Gasteiger partial charge in [0, 0.05) is 0 Å². The van der Waals surface area contributed by atoms with Gasteiger partial charge in [-0.25, -0.2) is 9.59 Å². The van der Waals surface area contributed by atoms with Crippen molar-refractivity contribution in [2.75, 3.05) is 12.0 Å². The second-order valence-corrected chi connectivity index (χ2v) is 5.50. The number of hydrogen-bond donors (Lipinski definition) is 2. The highest BCUT2D eigenvalue weighted by atomic mass is 16.6. The van der Waals surface area contributed by atoms with Crippen LogP contribution in [0.25, 0.3) is 0 Å². The van der Waals surface area contributed by atoms with Crippen molar-refractivity contribution in [1.29, 1.82) is 0 Å². The lowest BCUT2D eigenvalue weighted by Gasteiger charge is -2.20. The van der Waals surface area contributed by atoms with E-state index in [4.69, 9.17) is 14.6 Å². The van der Waals surface area contributed by atoms with Gasteiger partial charge in [0.1, 0.15) is 11.2 Å². The molecule has 1 aromatic heterocycles. The molecule has 0 saturated carbocycles. The fourth-order valence-corrected chi connectivity index (χ4v) is 1.69. The molecular weight excluding hydrogens is 292 g/mol. The van der Waals surface area contributed by atoms with Gasteiger partial charge >= 0.3 is 17.8 Å². The van der Waals surface area contributed by atoms with Gasteiger partial charge in [-0.3, -0.25) is 14.9 Å². The smallest absolute Gasteiger partial charge is 0.396 e. The first-order valence-corrected chi connectivity index (χ1v) is 6.69. The molecule has 0 fully saturated rings. The third-order valence-corrected chi connectivity index (χ3v) is 2.53. The van der Waals surface area contributed by atoms with E-state index in [1.165, 1.54) is 6.20 Å². The monoisotopic (exact) mass is 312 g/mol. The molecule has 1 heterocycles. The summed E-state index contributed by atoms with van der Waals surface area (Å²) >= 11 is 0. The summed E-state index contributed by atoms with van der Waals surface area (Å²) in [5.74, 6) is -3.27. The van der Waals surface area contributed by atoms with Gasteiger partial charge in [-0.1, -0.05) is 0 Å². The number of aromatic nitrogens is 1. The molecule has 0 aromatic carbocycles. The van der Waals surface area contributed by atoms with Crippen LogP contribution in [0.3, 0.4) is 0 Å². The van der Waals surface area contributed by atoms with E-state index in [1.54, 1.807) is 34.6 Å². The SMILES string of the molecule is CCOc1cn(NC(=O)C(=O)O)c(C)c1C(=O)OC(C)(C)C. The number of amides is 1. The van der Waals surface area contributed by atoms with Gasteiger partial charge in [-0.2, -0.15) is 0 Å². The molecular formula is C14H20N2O6. The Morgan fingerprint density at radius 2 is 1.91 bits per heavy atom. The zero-order valence-corrected chi connectivity index (χ0v) is 13.2. The minimum atomic E-state index is -1.63. The van der Waals surface area contributed by atoms with Crippen molar-refractivity contribution in [3.8, 4) is 5.75 Å². The van der Waals surface area contributed by atoms with Crippen molar-refractivity contribution in [3.63, 3.8) is 0 Å². The number of ether oxygens (including phenoxy) is 2. The van der Waals surface area contributed by atoms with Crippen LogP contribution < -0.4 is 10.2 Å². The van der Waals surface area contributed by atoms with Crippen LogP contribution >= 0.6 is 0 Å². The lowest BCUT2D eigenvalue weighted by Crippen LogP contribution is -2.30. The Morgan fingerprint density at radius 3 is 2.36 bits per heavy atom. The summed E-state index contributed by atoms with van der Waals surface area (Å²) in [7, 11) is 0. The Labute approximate surface area is 128 Å². The minimum Gasteiger partial charge on any atom is -0.491 e. The topological polar surface area (TPSA) is 107 Å². The number of nitrogens with one attached hydrogen (secondary N) is 1. The van der Waals surface area contributed by atoms with Gasteiger partial charge in [0.15, 0.2) is 5.75 Å². The van der Waals surface area contributed by atoms with E-state index in [9.17, 15) is 14.4 Å². The Morgan fingerprint density at radius 1 is 1.32 bits per heavy atom. The molecule has 8 heteroatoms. The lowest BCUT2D eigenvalue weighted by molar-refractivity contribution is -0.148. The predicted molar refractivity (Wildman–Crippen MR) is 77.5 cm³/mol. The molecule has 122 valence electrons.